The molecule has 118 valence electrons. The number of nitrogens with zero attached hydrogens (tertiary/aromatic N) is 2. The van der Waals surface area contributed by atoms with E-state index in [9.17, 15) is 9.59 Å². The first kappa shape index (κ1) is 16.7. The number of carbonyl (C=O) groups excluding carboxylic acids is 2. The van der Waals surface area contributed by atoms with Gasteiger partial charge in [-0.15, -0.1) is 0 Å². The molecular weight excluding hydrogens is 306 g/mol. The summed E-state index contributed by atoms with van der Waals surface area (Å²) < 4.78 is 4.92. The van der Waals surface area contributed by atoms with Crippen LogP contribution >= 0.6 is 0 Å². The van der Waals surface area contributed by atoms with Gasteiger partial charge in [-0.3, -0.25) is 4.79 Å². The van der Waals surface area contributed by atoms with Gasteiger partial charge in [0.15, 0.2) is 6.61 Å². The molecule has 0 aliphatic heterocycles. The third-order valence-corrected chi connectivity index (χ3v) is 3.08. The number of ether oxygens (including phenoxy) is 1. The monoisotopic (exact) mass is 319 g/mol. The molecule has 0 aromatic heterocycles. The van der Waals surface area contributed by atoms with Gasteiger partial charge in [0.1, 0.15) is 0 Å². The maximum Gasteiger partial charge on any atom is 0.338 e. The number of esters is 1. The summed E-state index contributed by atoms with van der Waals surface area (Å²) in [5.41, 5.74) is 1.94. The van der Waals surface area contributed by atoms with Crippen LogP contribution in [0.15, 0.2) is 48.5 Å². The van der Waals surface area contributed by atoms with Crippen molar-refractivity contribution in [2.75, 3.05) is 11.9 Å². The average Bonchev–Trinajstić information content (AvgIpc) is 2.61. The highest BCUT2D eigenvalue weighted by atomic mass is 16.5. The van der Waals surface area contributed by atoms with Crippen LogP contribution in [0.3, 0.4) is 0 Å². The minimum atomic E-state index is -0.674. The first-order chi connectivity index (χ1) is 11.6. The third-order valence-electron chi connectivity index (χ3n) is 3.08. The van der Waals surface area contributed by atoms with Gasteiger partial charge in [-0.2, -0.15) is 10.5 Å². The van der Waals surface area contributed by atoms with E-state index in [1.165, 1.54) is 12.1 Å². The van der Waals surface area contributed by atoms with Crippen molar-refractivity contribution in [2.24, 2.45) is 0 Å². The van der Waals surface area contributed by atoms with Crippen molar-refractivity contribution >= 4 is 17.6 Å². The standard InChI is InChI=1S/C18H13N3O3/c19-9-8-13-4-6-16(7-5-13)21-17(22)12-24-18(23)15-3-1-2-14(10-15)11-20/h1-7,10H,8,12H2,(H,21,22). The number of amides is 1. The summed E-state index contributed by atoms with van der Waals surface area (Å²) in [5, 5.41) is 20.0. The summed E-state index contributed by atoms with van der Waals surface area (Å²) in [5.74, 6) is -1.15. The van der Waals surface area contributed by atoms with Crippen LogP contribution in [0, 0.1) is 22.7 Å². The zero-order valence-electron chi connectivity index (χ0n) is 12.7. The topological polar surface area (TPSA) is 103 Å². The summed E-state index contributed by atoms with van der Waals surface area (Å²) in [4.78, 5) is 23.6. The lowest BCUT2D eigenvalue weighted by molar-refractivity contribution is -0.119. The first-order valence-corrected chi connectivity index (χ1v) is 7.05. The molecule has 6 heteroatoms. The average molecular weight is 319 g/mol. The molecule has 0 aliphatic carbocycles. The van der Waals surface area contributed by atoms with Crippen LogP contribution in [-0.4, -0.2) is 18.5 Å². The summed E-state index contributed by atoms with van der Waals surface area (Å²) in [6, 6.07) is 16.8. The maximum atomic E-state index is 11.8. The van der Waals surface area contributed by atoms with E-state index in [0.717, 1.165) is 5.56 Å². The van der Waals surface area contributed by atoms with Crippen molar-refractivity contribution in [1.82, 2.24) is 0 Å². The lowest BCUT2D eigenvalue weighted by atomic mass is 10.1. The minimum Gasteiger partial charge on any atom is -0.452 e. The highest BCUT2D eigenvalue weighted by Crippen LogP contribution is 2.10. The molecule has 0 heterocycles. The van der Waals surface area contributed by atoms with E-state index in [2.05, 4.69) is 5.32 Å². The van der Waals surface area contributed by atoms with Gasteiger partial charge in [-0.25, -0.2) is 4.79 Å². The van der Waals surface area contributed by atoms with Gasteiger partial charge >= 0.3 is 5.97 Å². The Bertz CT molecular complexity index is 830. The Hall–Kier alpha value is -3.64. The molecule has 0 saturated heterocycles. The van der Waals surface area contributed by atoms with E-state index in [4.69, 9.17) is 15.3 Å². The van der Waals surface area contributed by atoms with E-state index < -0.39 is 18.5 Å². The van der Waals surface area contributed by atoms with Crippen molar-refractivity contribution in [2.45, 2.75) is 6.42 Å². The van der Waals surface area contributed by atoms with Crippen LogP contribution in [0.4, 0.5) is 5.69 Å². The Morgan fingerprint density at radius 3 is 2.50 bits per heavy atom. The number of anilines is 1. The summed E-state index contributed by atoms with van der Waals surface area (Å²) in [6.07, 6.45) is 0.299. The fourth-order valence-corrected chi connectivity index (χ4v) is 1.92. The lowest BCUT2D eigenvalue weighted by Crippen LogP contribution is -2.20. The van der Waals surface area contributed by atoms with Crippen LogP contribution in [0.5, 0.6) is 0 Å². The molecule has 0 unspecified atom stereocenters. The van der Waals surface area contributed by atoms with E-state index in [1.807, 2.05) is 12.1 Å². The van der Waals surface area contributed by atoms with Crippen LogP contribution in [0.1, 0.15) is 21.5 Å². The zero-order chi connectivity index (χ0) is 17.4. The fraction of sp³-hybridized carbons (Fsp3) is 0.111. The van der Waals surface area contributed by atoms with Gasteiger partial charge in [0.2, 0.25) is 0 Å². The second kappa shape index (κ2) is 8.11. The minimum absolute atomic E-state index is 0.211. The number of benzene rings is 2. The molecular formula is C18H13N3O3. The molecule has 1 N–H and O–H groups in total. The molecule has 24 heavy (non-hydrogen) atoms. The molecule has 0 spiro atoms. The fourth-order valence-electron chi connectivity index (χ4n) is 1.92. The Morgan fingerprint density at radius 1 is 1.08 bits per heavy atom. The molecule has 2 aromatic carbocycles. The Kier molecular flexibility index (Phi) is 5.65. The number of hydrogen-bond acceptors (Lipinski definition) is 5. The van der Waals surface area contributed by atoms with Gasteiger partial charge < -0.3 is 10.1 Å². The van der Waals surface area contributed by atoms with Gasteiger partial charge in [0.05, 0.1) is 29.7 Å². The third kappa shape index (κ3) is 4.69. The summed E-state index contributed by atoms with van der Waals surface area (Å²) in [7, 11) is 0. The predicted molar refractivity (Wildman–Crippen MR) is 85.8 cm³/mol. The van der Waals surface area contributed by atoms with E-state index >= 15 is 0 Å². The van der Waals surface area contributed by atoms with E-state index in [0.29, 0.717) is 17.7 Å². The van der Waals surface area contributed by atoms with E-state index in [1.54, 1.807) is 36.4 Å². The Labute approximate surface area is 138 Å². The zero-order valence-corrected chi connectivity index (χ0v) is 12.7. The summed E-state index contributed by atoms with van der Waals surface area (Å²) >= 11 is 0. The quantitative estimate of drug-likeness (QED) is 0.852. The molecule has 0 bridgehead atoms. The lowest BCUT2D eigenvalue weighted by Gasteiger charge is -2.07. The van der Waals surface area contributed by atoms with Crippen molar-refractivity contribution in [3.05, 3.63) is 65.2 Å². The molecule has 2 aromatic rings. The predicted octanol–water partition coefficient (Wildman–Crippen LogP) is 2.42. The van der Waals surface area contributed by atoms with Crippen LogP contribution in [0.25, 0.3) is 0 Å². The van der Waals surface area contributed by atoms with E-state index in [-0.39, 0.29) is 5.56 Å². The maximum absolute atomic E-state index is 11.8. The molecule has 1 amide bonds. The van der Waals surface area contributed by atoms with Crippen LogP contribution in [-0.2, 0) is 16.0 Å². The Balaban J connectivity index is 1.87. The normalized spacial score (nSPS) is 9.42. The van der Waals surface area contributed by atoms with Crippen LogP contribution in [0.2, 0.25) is 0 Å². The number of rotatable bonds is 5. The second-order valence-corrected chi connectivity index (χ2v) is 4.85. The number of carbonyl (C=O) groups is 2. The molecule has 0 aliphatic rings. The molecule has 0 radical (unpaired) electrons. The molecule has 0 saturated carbocycles. The first-order valence-electron chi connectivity index (χ1n) is 7.05. The summed E-state index contributed by atoms with van der Waals surface area (Å²) in [6.45, 7) is -0.435. The SMILES string of the molecule is N#CCc1ccc(NC(=O)COC(=O)c2cccc(C#N)c2)cc1. The molecule has 0 atom stereocenters. The molecule has 2 rings (SSSR count). The number of nitriles is 2. The van der Waals surface area contributed by atoms with Crippen molar-refractivity contribution in [3.8, 4) is 12.1 Å². The number of nitrogens with one attached hydrogen (secondary N) is 1. The Morgan fingerprint density at radius 2 is 1.83 bits per heavy atom. The van der Waals surface area contributed by atoms with Gasteiger partial charge in [-0.05, 0) is 35.9 Å². The highest BCUT2D eigenvalue weighted by molar-refractivity contribution is 5.95. The molecule has 0 fully saturated rings. The number of hydrogen-bond donors (Lipinski definition) is 1. The van der Waals surface area contributed by atoms with Gasteiger partial charge in [0, 0.05) is 5.69 Å². The van der Waals surface area contributed by atoms with Crippen molar-refractivity contribution < 1.29 is 14.3 Å². The highest BCUT2D eigenvalue weighted by Gasteiger charge is 2.11. The van der Waals surface area contributed by atoms with Crippen LogP contribution < -0.4 is 5.32 Å². The molecule has 6 nitrogen and oxygen atoms in total. The largest absolute Gasteiger partial charge is 0.452 e. The van der Waals surface area contributed by atoms with Crippen molar-refractivity contribution in [1.29, 1.82) is 10.5 Å². The van der Waals surface area contributed by atoms with Crippen molar-refractivity contribution in [3.63, 3.8) is 0 Å². The van der Waals surface area contributed by atoms with Gasteiger partial charge in [0.25, 0.3) is 5.91 Å². The van der Waals surface area contributed by atoms with Gasteiger partial charge in [-0.1, -0.05) is 18.2 Å². The smallest absolute Gasteiger partial charge is 0.338 e. The second-order valence-electron chi connectivity index (χ2n) is 4.85.